The zero-order chi connectivity index (χ0) is 22.3. The number of carbonyl (C=O) groups excluding carboxylic acids is 1. The summed E-state index contributed by atoms with van der Waals surface area (Å²) in [6.45, 7) is 2.63. The van der Waals surface area contributed by atoms with Crippen LogP contribution in [-0.2, 0) is 11.3 Å². The summed E-state index contributed by atoms with van der Waals surface area (Å²) >= 11 is 0. The molecule has 0 spiro atoms. The molecule has 5 heteroatoms. The molecule has 1 fully saturated rings. The van der Waals surface area contributed by atoms with Gasteiger partial charge < -0.3 is 10.5 Å². The quantitative estimate of drug-likeness (QED) is 0.568. The molecule has 2 N–H and O–H groups in total. The van der Waals surface area contributed by atoms with Crippen LogP contribution in [-0.4, -0.2) is 41.9 Å². The van der Waals surface area contributed by atoms with E-state index in [-0.39, 0.29) is 5.91 Å². The third-order valence-corrected chi connectivity index (χ3v) is 6.21. The Morgan fingerprint density at radius 2 is 1.50 bits per heavy atom. The van der Waals surface area contributed by atoms with Gasteiger partial charge in [0.15, 0.2) is 0 Å². The number of benzene rings is 3. The van der Waals surface area contributed by atoms with Gasteiger partial charge in [0.05, 0.1) is 0 Å². The van der Waals surface area contributed by atoms with Crippen molar-refractivity contribution in [2.75, 3.05) is 20.1 Å². The van der Waals surface area contributed by atoms with E-state index >= 15 is 0 Å². The van der Waals surface area contributed by atoms with Crippen LogP contribution in [0.4, 0.5) is 0 Å². The number of nitrogens with two attached hydrogens (primary N) is 1. The van der Waals surface area contributed by atoms with Gasteiger partial charge >= 0.3 is 0 Å². The van der Waals surface area contributed by atoms with Crippen molar-refractivity contribution in [3.8, 4) is 11.5 Å². The topological polar surface area (TPSA) is 58.8 Å². The van der Waals surface area contributed by atoms with E-state index < -0.39 is 6.04 Å². The van der Waals surface area contributed by atoms with Gasteiger partial charge in [0, 0.05) is 25.7 Å². The van der Waals surface area contributed by atoms with Gasteiger partial charge in [-0.15, -0.1) is 0 Å². The largest absolute Gasteiger partial charge is 0.457 e. The van der Waals surface area contributed by atoms with Crippen molar-refractivity contribution in [3.05, 3.63) is 96.1 Å². The lowest BCUT2D eigenvalue weighted by Gasteiger charge is -2.39. The predicted octanol–water partition coefficient (Wildman–Crippen LogP) is 4.60. The van der Waals surface area contributed by atoms with Crippen molar-refractivity contribution in [1.82, 2.24) is 9.80 Å². The Hall–Kier alpha value is -3.15. The number of hydrogen-bond acceptors (Lipinski definition) is 4. The first-order chi connectivity index (χ1) is 15.6. The van der Waals surface area contributed by atoms with E-state index in [0.717, 1.165) is 49.5 Å². The predicted molar refractivity (Wildman–Crippen MR) is 127 cm³/mol. The van der Waals surface area contributed by atoms with Crippen molar-refractivity contribution >= 4 is 5.91 Å². The Morgan fingerprint density at radius 3 is 2.09 bits per heavy atom. The average Bonchev–Trinajstić information content (AvgIpc) is 2.82. The van der Waals surface area contributed by atoms with Crippen LogP contribution in [0, 0.1) is 0 Å². The molecular formula is C27H31N3O2. The minimum absolute atomic E-state index is 0.308. The molecule has 4 rings (SSSR count). The van der Waals surface area contributed by atoms with Crippen molar-refractivity contribution in [3.63, 3.8) is 0 Å². The highest BCUT2D eigenvalue weighted by Gasteiger charge is 2.31. The normalized spacial score (nSPS) is 16.1. The van der Waals surface area contributed by atoms with Crippen molar-refractivity contribution < 1.29 is 9.53 Å². The third kappa shape index (κ3) is 5.55. The minimum atomic E-state index is -0.416. The molecule has 166 valence electrons. The van der Waals surface area contributed by atoms with Gasteiger partial charge in [0.2, 0.25) is 5.91 Å². The number of likely N-dealkylation sites (tertiary alicyclic amines) is 1. The molecule has 0 aliphatic carbocycles. The van der Waals surface area contributed by atoms with Gasteiger partial charge in [0.1, 0.15) is 17.5 Å². The minimum Gasteiger partial charge on any atom is -0.457 e. The van der Waals surface area contributed by atoms with E-state index in [1.807, 2.05) is 60.7 Å². The highest BCUT2D eigenvalue weighted by Crippen LogP contribution is 2.29. The zero-order valence-corrected chi connectivity index (χ0v) is 18.6. The van der Waals surface area contributed by atoms with E-state index in [4.69, 9.17) is 10.5 Å². The standard InChI is InChI=1S/C27H31N3O2/c1-29(20-21-8-4-2-5-9-21)23-16-18-30(19-17-23)26(27(28)31)22-12-14-25(15-13-22)32-24-10-6-3-7-11-24/h2-15,23,26H,16-20H2,1H3,(H2,28,31). The number of amides is 1. The lowest BCUT2D eigenvalue weighted by atomic mass is 9.97. The molecule has 1 heterocycles. The second-order valence-corrected chi connectivity index (χ2v) is 8.46. The van der Waals surface area contributed by atoms with Gasteiger partial charge in [-0.3, -0.25) is 14.6 Å². The SMILES string of the molecule is CN(Cc1ccccc1)C1CCN(C(C(N)=O)c2ccc(Oc3ccccc3)cc2)CC1. The van der Waals surface area contributed by atoms with E-state index in [9.17, 15) is 4.79 Å². The van der Waals surface area contributed by atoms with Gasteiger partial charge in [-0.25, -0.2) is 0 Å². The van der Waals surface area contributed by atoms with E-state index in [1.54, 1.807) is 0 Å². The van der Waals surface area contributed by atoms with Crippen LogP contribution in [0.3, 0.4) is 0 Å². The van der Waals surface area contributed by atoms with E-state index in [2.05, 4.69) is 41.1 Å². The maximum atomic E-state index is 12.4. The summed E-state index contributed by atoms with van der Waals surface area (Å²) in [6.07, 6.45) is 2.03. The molecule has 1 amide bonds. The molecule has 1 aliphatic heterocycles. The number of hydrogen-bond donors (Lipinski definition) is 1. The second-order valence-electron chi connectivity index (χ2n) is 8.46. The molecule has 5 nitrogen and oxygen atoms in total. The summed E-state index contributed by atoms with van der Waals surface area (Å²) in [5.74, 6) is 1.22. The Morgan fingerprint density at radius 1 is 0.938 bits per heavy atom. The Kier molecular flexibility index (Phi) is 7.20. The molecule has 32 heavy (non-hydrogen) atoms. The maximum Gasteiger partial charge on any atom is 0.239 e. The monoisotopic (exact) mass is 429 g/mol. The maximum absolute atomic E-state index is 12.4. The van der Waals surface area contributed by atoms with Crippen LogP contribution in [0.15, 0.2) is 84.9 Å². The number of nitrogens with zero attached hydrogens (tertiary/aromatic N) is 2. The molecular weight excluding hydrogens is 398 g/mol. The zero-order valence-electron chi connectivity index (χ0n) is 18.6. The average molecular weight is 430 g/mol. The first kappa shape index (κ1) is 22.1. The summed E-state index contributed by atoms with van der Waals surface area (Å²) in [5, 5.41) is 0. The number of para-hydroxylation sites is 1. The lowest BCUT2D eigenvalue weighted by Crippen LogP contribution is -2.47. The van der Waals surface area contributed by atoms with Crippen molar-refractivity contribution in [2.24, 2.45) is 5.73 Å². The first-order valence-corrected chi connectivity index (χ1v) is 11.2. The summed E-state index contributed by atoms with van der Waals surface area (Å²) in [6, 6.07) is 28.0. The fraction of sp³-hybridized carbons (Fsp3) is 0.296. The summed E-state index contributed by atoms with van der Waals surface area (Å²) in [5.41, 5.74) is 8.07. The lowest BCUT2D eigenvalue weighted by molar-refractivity contribution is -0.124. The van der Waals surface area contributed by atoms with Crippen LogP contribution >= 0.6 is 0 Å². The first-order valence-electron chi connectivity index (χ1n) is 11.2. The second kappa shape index (κ2) is 10.4. The summed E-state index contributed by atoms with van der Waals surface area (Å²) < 4.78 is 5.87. The third-order valence-electron chi connectivity index (χ3n) is 6.21. The molecule has 1 unspecified atom stereocenters. The van der Waals surface area contributed by atoms with Crippen LogP contribution < -0.4 is 10.5 Å². The Bertz CT molecular complexity index is 984. The number of ether oxygens (including phenoxy) is 1. The molecule has 3 aromatic rings. The molecule has 1 atom stereocenters. The summed E-state index contributed by atoms with van der Waals surface area (Å²) in [4.78, 5) is 17.0. The van der Waals surface area contributed by atoms with Crippen LogP contribution in [0.1, 0.15) is 30.0 Å². The number of primary amides is 1. The number of piperidine rings is 1. The molecule has 3 aromatic carbocycles. The van der Waals surface area contributed by atoms with E-state index in [1.165, 1.54) is 5.56 Å². The molecule has 1 saturated heterocycles. The summed E-state index contributed by atoms with van der Waals surface area (Å²) in [7, 11) is 2.18. The molecule has 1 aliphatic rings. The van der Waals surface area contributed by atoms with Crippen LogP contribution in [0.25, 0.3) is 0 Å². The van der Waals surface area contributed by atoms with Crippen LogP contribution in [0.5, 0.6) is 11.5 Å². The van der Waals surface area contributed by atoms with Gasteiger partial charge in [-0.2, -0.15) is 0 Å². The smallest absolute Gasteiger partial charge is 0.239 e. The Balaban J connectivity index is 1.37. The van der Waals surface area contributed by atoms with Crippen molar-refractivity contribution in [2.45, 2.75) is 31.5 Å². The highest BCUT2D eigenvalue weighted by molar-refractivity contribution is 5.81. The highest BCUT2D eigenvalue weighted by atomic mass is 16.5. The van der Waals surface area contributed by atoms with E-state index in [0.29, 0.717) is 6.04 Å². The van der Waals surface area contributed by atoms with Crippen LogP contribution in [0.2, 0.25) is 0 Å². The Labute approximate surface area is 190 Å². The molecule has 0 saturated carbocycles. The molecule has 0 bridgehead atoms. The van der Waals surface area contributed by atoms with Gasteiger partial charge in [-0.05, 0) is 55.3 Å². The van der Waals surface area contributed by atoms with Gasteiger partial charge in [0.25, 0.3) is 0 Å². The fourth-order valence-electron chi connectivity index (χ4n) is 4.48. The number of rotatable bonds is 8. The van der Waals surface area contributed by atoms with Crippen molar-refractivity contribution in [1.29, 1.82) is 0 Å². The molecule has 0 radical (unpaired) electrons. The number of carbonyl (C=O) groups is 1. The fourth-order valence-corrected chi connectivity index (χ4v) is 4.48. The molecule has 0 aromatic heterocycles. The van der Waals surface area contributed by atoms with Gasteiger partial charge in [-0.1, -0.05) is 60.7 Å².